The van der Waals surface area contributed by atoms with Crippen molar-refractivity contribution in [3.05, 3.63) is 78.6 Å². The predicted octanol–water partition coefficient (Wildman–Crippen LogP) is 3.03. The summed E-state index contributed by atoms with van der Waals surface area (Å²) >= 11 is 0. The van der Waals surface area contributed by atoms with Crippen LogP contribution in [0.1, 0.15) is 0 Å². The summed E-state index contributed by atoms with van der Waals surface area (Å²) in [5.74, 6) is -0.0920. The minimum atomic E-state index is -0.447. The van der Waals surface area contributed by atoms with Crippen molar-refractivity contribution < 1.29 is 13.6 Å². The average Bonchev–Trinajstić information content (AvgIpc) is 3.29. The molecule has 0 bridgehead atoms. The molecule has 1 fully saturated rings. The number of halogens is 2. The maximum absolute atomic E-state index is 13.5. The second-order valence-corrected chi connectivity index (χ2v) is 7.89. The Morgan fingerprint density at radius 2 is 1.68 bits per heavy atom. The van der Waals surface area contributed by atoms with E-state index in [2.05, 4.69) is 25.2 Å². The van der Waals surface area contributed by atoms with Crippen molar-refractivity contribution in [3.8, 4) is 22.6 Å². The smallest absolute Gasteiger partial charge is 0.244 e. The summed E-state index contributed by atoms with van der Waals surface area (Å²) in [7, 11) is 0. The molecule has 34 heavy (non-hydrogen) atoms. The van der Waals surface area contributed by atoms with Gasteiger partial charge in [0.15, 0.2) is 5.82 Å². The molecule has 10 heteroatoms. The fraction of sp³-hybridized carbons (Fsp3) is 0.208. The lowest BCUT2D eigenvalue weighted by Gasteiger charge is -2.35. The number of aromatic nitrogens is 5. The highest BCUT2D eigenvalue weighted by molar-refractivity contribution is 5.78. The third-order valence-corrected chi connectivity index (χ3v) is 5.71. The first-order valence-corrected chi connectivity index (χ1v) is 10.8. The van der Waals surface area contributed by atoms with Gasteiger partial charge in [-0.25, -0.2) is 8.78 Å². The number of pyridine rings is 1. The van der Waals surface area contributed by atoms with Gasteiger partial charge in [0.2, 0.25) is 5.91 Å². The molecule has 0 spiro atoms. The molecule has 1 aliphatic heterocycles. The lowest BCUT2D eigenvalue weighted by molar-refractivity contribution is -0.132. The SMILES string of the molecule is O=C(Cn1nc(-c2ccc(F)cn2)cc1-c1ccc(F)cc1)N1CCN(c2cccnn2)CC1. The lowest BCUT2D eigenvalue weighted by Crippen LogP contribution is -2.50. The molecule has 1 aromatic carbocycles. The Bertz CT molecular complexity index is 1270. The van der Waals surface area contributed by atoms with Crippen LogP contribution in [0.4, 0.5) is 14.6 Å². The zero-order valence-corrected chi connectivity index (χ0v) is 18.2. The monoisotopic (exact) mass is 461 g/mol. The van der Waals surface area contributed by atoms with Crippen LogP contribution in [0.25, 0.3) is 22.6 Å². The molecule has 0 radical (unpaired) electrons. The number of carbonyl (C=O) groups excluding carboxylic acids is 1. The van der Waals surface area contributed by atoms with E-state index in [0.29, 0.717) is 48.8 Å². The van der Waals surface area contributed by atoms with Gasteiger partial charge >= 0.3 is 0 Å². The van der Waals surface area contributed by atoms with Gasteiger partial charge < -0.3 is 9.80 Å². The van der Waals surface area contributed by atoms with Crippen LogP contribution in [-0.4, -0.2) is 61.9 Å². The third kappa shape index (κ3) is 4.61. The number of anilines is 1. The first kappa shape index (κ1) is 21.6. The summed E-state index contributed by atoms with van der Waals surface area (Å²) in [4.78, 5) is 21.1. The Labute approximate surface area is 194 Å². The van der Waals surface area contributed by atoms with Crippen LogP contribution in [0.5, 0.6) is 0 Å². The van der Waals surface area contributed by atoms with Crippen molar-refractivity contribution in [2.75, 3.05) is 31.1 Å². The van der Waals surface area contributed by atoms with E-state index < -0.39 is 5.82 Å². The Hall–Kier alpha value is -4.21. The zero-order valence-electron chi connectivity index (χ0n) is 18.2. The van der Waals surface area contributed by atoms with Crippen LogP contribution < -0.4 is 4.90 Å². The van der Waals surface area contributed by atoms with Crippen molar-refractivity contribution in [1.82, 2.24) is 29.9 Å². The highest BCUT2D eigenvalue weighted by Gasteiger charge is 2.24. The molecule has 0 atom stereocenters. The Morgan fingerprint density at radius 3 is 2.35 bits per heavy atom. The van der Waals surface area contributed by atoms with E-state index in [-0.39, 0.29) is 18.3 Å². The van der Waals surface area contributed by atoms with Gasteiger partial charge in [-0.15, -0.1) is 5.10 Å². The molecule has 4 aromatic rings. The summed E-state index contributed by atoms with van der Waals surface area (Å²) < 4.78 is 28.4. The van der Waals surface area contributed by atoms with Gasteiger partial charge in [-0.3, -0.25) is 14.5 Å². The van der Waals surface area contributed by atoms with Crippen molar-refractivity contribution in [3.63, 3.8) is 0 Å². The van der Waals surface area contributed by atoms with Crippen molar-refractivity contribution >= 4 is 11.7 Å². The number of hydrogen-bond donors (Lipinski definition) is 0. The summed E-state index contributed by atoms with van der Waals surface area (Å²) in [5, 5.41) is 12.6. The molecule has 0 N–H and O–H groups in total. The van der Waals surface area contributed by atoms with Crippen LogP contribution in [0.15, 0.2) is 67.0 Å². The molecule has 0 aliphatic carbocycles. The van der Waals surface area contributed by atoms with E-state index in [4.69, 9.17) is 0 Å². The van der Waals surface area contributed by atoms with Crippen LogP contribution in [0.2, 0.25) is 0 Å². The van der Waals surface area contributed by atoms with Crippen molar-refractivity contribution in [2.45, 2.75) is 6.54 Å². The minimum absolute atomic E-state index is 0.0129. The Balaban J connectivity index is 1.36. The molecule has 1 saturated heterocycles. The number of benzene rings is 1. The summed E-state index contributed by atoms with van der Waals surface area (Å²) in [6.07, 6.45) is 2.75. The average molecular weight is 461 g/mol. The van der Waals surface area contributed by atoms with E-state index in [1.165, 1.54) is 24.3 Å². The Morgan fingerprint density at radius 1 is 0.912 bits per heavy atom. The van der Waals surface area contributed by atoms with Gasteiger partial charge in [0, 0.05) is 37.9 Å². The lowest BCUT2D eigenvalue weighted by atomic mass is 10.1. The molecular formula is C24H21F2N7O. The van der Waals surface area contributed by atoms with E-state index in [1.807, 2.05) is 12.1 Å². The molecule has 8 nitrogen and oxygen atoms in total. The molecule has 0 unspecified atom stereocenters. The van der Waals surface area contributed by atoms with E-state index >= 15 is 0 Å². The van der Waals surface area contributed by atoms with E-state index in [9.17, 15) is 13.6 Å². The van der Waals surface area contributed by atoms with Gasteiger partial charge in [-0.1, -0.05) is 0 Å². The number of piperazine rings is 1. The molecule has 3 aromatic heterocycles. The zero-order chi connectivity index (χ0) is 23.5. The first-order valence-electron chi connectivity index (χ1n) is 10.8. The largest absolute Gasteiger partial charge is 0.352 e. The van der Waals surface area contributed by atoms with Gasteiger partial charge in [0.25, 0.3) is 0 Å². The number of carbonyl (C=O) groups is 1. The molecule has 1 amide bonds. The van der Waals surface area contributed by atoms with Crippen LogP contribution in [0, 0.1) is 11.6 Å². The fourth-order valence-electron chi connectivity index (χ4n) is 3.92. The van der Waals surface area contributed by atoms with Crippen LogP contribution in [0.3, 0.4) is 0 Å². The quantitative estimate of drug-likeness (QED) is 0.455. The summed E-state index contributed by atoms with van der Waals surface area (Å²) in [6.45, 7) is 2.42. The van der Waals surface area contributed by atoms with Crippen molar-refractivity contribution in [1.29, 1.82) is 0 Å². The third-order valence-electron chi connectivity index (χ3n) is 5.71. The standard InChI is InChI=1S/C24H21F2N7O/c25-18-5-3-17(4-6-18)22-14-21(20-8-7-19(26)15-27-20)30-33(22)16-24(34)32-12-10-31(11-13-32)23-2-1-9-28-29-23/h1-9,14-15H,10-13,16H2. The maximum atomic E-state index is 13.5. The molecule has 5 rings (SSSR count). The predicted molar refractivity (Wildman–Crippen MR) is 122 cm³/mol. The van der Waals surface area contributed by atoms with E-state index in [0.717, 1.165) is 12.0 Å². The first-order chi connectivity index (χ1) is 16.6. The van der Waals surface area contributed by atoms with Crippen LogP contribution in [-0.2, 0) is 11.3 Å². The minimum Gasteiger partial charge on any atom is -0.352 e. The fourth-order valence-corrected chi connectivity index (χ4v) is 3.92. The molecule has 0 saturated carbocycles. The number of rotatable bonds is 5. The summed E-state index contributed by atoms with van der Waals surface area (Å²) in [6, 6.07) is 14.3. The summed E-state index contributed by atoms with van der Waals surface area (Å²) in [5.41, 5.74) is 2.34. The molecular weight excluding hydrogens is 440 g/mol. The highest BCUT2D eigenvalue weighted by atomic mass is 19.1. The Kier molecular flexibility index (Phi) is 5.94. The van der Waals surface area contributed by atoms with Gasteiger partial charge in [0.05, 0.1) is 17.6 Å². The number of amides is 1. The normalized spacial score (nSPS) is 13.8. The second kappa shape index (κ2) is 9.34. The van der Waals surface area contributed by atoms with Crippen LogP contribution >= 0.6 is 0 Å². The van der Waals surface area contributed by atoms with Gasteiger partial charge in [0.1, 0.15) is 23.9 Å². The maximum Gasteiger partial charge on any atom is 0.244 e. The number of hydrogen-bond acceptors (Lipinski definition) is 6. The van der Waals surface area contributed by atoms with Gasteiger partial charge in [-0.2, -0.15) is 10.2 Å². The van der Waals surface area contributed by atoms with Gasteiger partial charge in [-0.05, 0) is 54.6 Å². The van der Waals surface area contributed by atoms with E-state index in [1.54, 1.807) is 34.0 Å². The molecule has 4 heterocycles. The molecule has 1 aliphatic rings. The highest BCUT2D eigenvalue weighted by Crippen LogP contribution is 2.26. The second-order valence-electron chi connectivity index (χ2n) is 7.89. The molecule has 172 valence electrons. The topological polar surface area (TPSA) is 80.0 Å². The van der Waals surface area contributed by atoms with Crippen molar-refractivity contribution in [2.24, 2.45) is 0 Å². The number of nitrogens with zero attached hydrogens (tertiary/aromatic N) is 7.